The molecule has 1 amide bonds. The molecule has 1 saturated heterocycles. The highest BCUT2D eigenvalue weighted by atomic mass is 79.9. The Morgan fingerprint density at radius 2 is 2.00 bits per heavy atom. The summed E-state index contributed by atoms with van der Waals surface area (Å²) in [7, 11) is 1.98. The Kier molecular flexibility index (Phi) is 5.38. The molecule has 3 aromatic rings. The minimum atomic E-state index is -4.61. The summed E-state index contributed by atoms with van der Waals surface area (Å²) in [5.74, 6) is -0.158. The summed E-state index contributed by atoms with van der Waals surface area (Å²) in [6.45, 7) is 2.72. The first-order chi connectivity index (χ1) is 13.7. The van der Waals surface area contributed by atoms with Crippen LogP contribution in [0.15, 0.2) is 28.1 Å². The molecule has 0 saturated carbocycles. The lowest BCUT2D eigenvalue weighted by Gasteiger charge is -2.32. The van der Waals surface area contributed by atoms with E-state index in [4.69, 9.17) is 0 Å². The quantitative estimate of drug-likeness (QED) is 0.566. The molecule has 154 valence electrons. The second-order valence-electron chi connectivity index (χ2n) is 6.86. The zero-order valence-corrected chi connectivity index (χ0v) is 17.8. The number of piperazine rings is 1. The summed E-state index contributed by atoms with van der Waals surface area (Å²) in [4.78, 5) is 21.5. The molecule has 0 bridgehead atoms. The molecule has 29 heavy (non-hydrogen) atoms. The Morgan fingerprint density at radius 3 is 2.62 bits per heavy atom. The van der Waals surface area contributed by atoms with E-state index in [0.717, 1.165) is 23.7 Å². The molecule has 0 atom stereocenters. The lowest BCUT2D eigenvalue weighted by molar-refractivity contribution is -0.142. The van der Waals surface area contributed by atoms with Gasteiger partial charge >= 0.3 is 6.18 Å². The number of hydrogen-bond acceptors (Lipinski definition) is 5. The van der Waals surface area contributed by atoms with E-state index >= 15 is 0 Å². The molecular formula is C18H17BrF3N5OS. The largest absolute Gasteiger partial charge is 0.433 e. The molecule has 0 radical (unpaired) electrons. The van der Waals surface area contributed by atoms with Crippen molar-refractivity contribution in [3.8, 4) is 10.6 Å². The summed E-state index contributed by atoms with van der Waals surface area (Å²) >= 11 is 4.63. The van der Waals surface area contributed by atoms with Crippen LogP contribution >= 0.6 is 27.3 Å². The van der Waals surface area contributed by atoms with Crippen LogP contribution < -0.4 is 0 Å². The first-order valence-electron chi connectivity index (χ1n) is 8.89. The Bertz CT molecular complexity index is 1040. The van der Waals surface area contributed by atoms with E-state index in [2.05, 4.69) is 30.9 Å². The van der Waals surface area contributed by atoms with Crippen molar-refractivity contribution in [1.82, 2.24) is 24.4 Å². The number of alkyl halides is 3. The average Bonchev–Trinajstić information content (AvgIpc) is 3.30. The van der Waals surface area contributed by atoms with Gasteiger partial charge in [0.1, 0.15) is 0 Å². The smallest absolute Gasteiger partial charge is 0.340 e. The second-order valence-corrected chi connectivity index (χ2v) is 8.60. The van der Waals surface area contributed by atoms with Gasteiger partial charge in [-0.05, 0) is 40.5 Å². The van der Waals surface area contributed by atoms with Crippen LogP contribution in [0.2, 0.25) is 0 Å². The summed E-state index contributed by atoms with van der Waals surface area (Å²) in [6.07, 6.45) is -4.70. The van der Waals surface area contributed by atoms with Crippen molar-refractivity contribution >= 4 is 38.8 Å². The third-order valence-electron chi connectivity index (χ3n) is 4.84. The molecule has 0 N–H and O–H groups in total. The molecule has 11 heteroatoms. The van der Waals surface area contributed by atoms with E-state index in [1.807, 2.05) is 7.05 Å². The molecule has 4 heterocycles. The lowest BCUT2D eigenvalue weighted by Crippen LogP contribution is -2.47. The van der Waals surface area contributed by atoms with Crippen molar-refractivity contribution in [1.29, 1.82) is 0 Å². The molecule has 4 rings (SSSR count). The Balaban J connectivity index is 1.73. The number of amides is 1. The van der Waals surface area contributed by atoms with Crippen molar-refractivity contribution in [3.05, 3.63) is 39.4 Å². The van der Waals surface area contributed by atoms with Crippen LogP contribution in [0.1, 0.15) is 11.4 Å². The van der Waals surface area contributed by atoms with Gasteiger partial charge in [0.2, 0.25) is 5.91 Å². The Hall–Kier alpha value is -1.98. The van der Waals surface area contributed by atoms with Gasteiger partial charge in [-0.2, -0.15) is 18.3 Å². The van der Waals surface area contributed by atoms with Crippen molar-refractivity contribution in [3.63, 3.8) is 0 Å². The number of rotatable bonds is 3. The lowest BCUT2D eigenvalue weighted by atomic mass is 10.2. The van der Waals surface area contributed by atoms with Crippen LogP contribution in [-0.2, 0) is 17.4 Å². The van der Waals surface area contributed by atoms with Gasteiger partial charge in [0.15, 0.2) is 11.3 Å². The molecule has 6 nitrogen and oxygen atoms in total. The minimum absolute atomic E-state index is 0.0457. The third kappa shape index (κ3) is 4.03. The number of carbonyl (C=O) groups excluding carboxylic acids is 1. The summed E-state index contributed by atoms with van der Waals surface area (Å²) in [6, 6.07) is 4.46. The predicted molar refractivity (Wildman–Crippen MR) is 107 cm³/mol. The van der Waals surface area contributed by atoms with Crippen LogP contribution in [0.3, 0.4) is 0 Å². The monoisotopic (exact) mass is 487 g/mol. The number of aromatic nitrogens is 3. The summed E-state index contributed by atoms with van der Waals surface area (Å²) < 4.78 is 42.2. The zero-order chi connectivity index (χ0) is 20.8. The first kappa shape index (κ1) is 20.3. The van der Waals surface area contributed by atoms with Gasteiger partial charge in [0.05, 0.1) is 27.2 Å². The second kappa shape index (κ2) is 7.69. The third-order valence-corrected chi connectivity index (χ3v) is 6.54. The highest BCUT2D eigenvalue weighted by Crippen LogP contribution is 2.35. The maximum Gasteiger partial charge on any atom is 0.433 e. The van der Waals surface area contributed by atoms with Gasteiger partial charge in [-0.25, -0.2) is 9.50 Å². The maximum absolute atomic E-state index is 13.7. The number of thiophene rings is 1. The molecule has 0 unspecified atom stereocenters. The van der Waals surface area contributed by atoms with Crippen molar-refractivity contribution in [2.24, 2.45) is 0 Å². The molecule has 0 spiro atoms. The standard InChI is InChI=1S/C18H17BrF3N5OS/c1-25-4-6-26(7-5-25)15(28)10-12-16(19)17-23-11(13-3-2-8-29-13)9-14(18(20,21)22)27(17)24-12/h2-3,8-9H,4-7,10H2,1H3. The van der Waals surface area contributed by atoms with E-state index in [9.17, 15) is 18.0 Å². The number of likely N-dealkylation sites (N-methyl/N-ethyl adjacent to an activating group) is 1. The fourth-order valence-corrected chi connectivity index (χ4v) is 4.37. The van der Waals surface area contributed by atoms with E-state index in [0.29, 0.717) is 22.4 Å². The minimum Gasteiger partial charge on any atom is -0.340 e. The van der Waals surface area contributed by atoms with Crippen molar-refractivity contribution < 1.29 is 18.0 Å². The van der Waals surface area contributed by atoms with E-state index < -0.39 is 11.9 Å². The van der Waals surface area contributed by atoms with Crippen LogP contribution in [0.5, 0.6) is 0 Å². The highest BCUT2D eigenvalue weighted by Gasteiger charge is 2.36. The Labute approximate surface area is 177 Å². The van der Waals surface area contributed by atoms with Gasteiger partial charge in [-0.1, -0.05) is 6.07 Å². The van der Waals surface area contributed by atoms with Gasteiger partial charge in [-0.15, -0.1) is 11.3 Å². The van der Waals surface area contributed by atoms with E-state index in [1.54, 1.807) is 22.4 Å². The van der Waals surface area contributed by atoms with Crippen LogP contribution in [0.25, 0.3) is 16.2 Å². The van der Waals surface area contributed by atoms with E-state index in [1.165, 1.54) is 11.3 Å². The molecular weight excluding hydrogens is 471 g/mol. The molecule has 1 aliphatic rings. The van der Waals surface area contributed by atoms with E-state index in [-0.39, 0.29) is 29.4 Å². The zero-order valence-electron chi connectivity index (χ0n) is 15.4. The van der Waals surface area contributed by atoms with Crippen LogP contribution in [-0.4, -0.2) is 63.5 Å². The number of nitrogens with zero attached hydrogens (tertiary/aromatic N) is 5. The SMILES string of the molecule is CN1CCN(C(=O)Cc2nn3c(C(F)(F)F)cc(-c4cccs4)nc3c2Br)CC1. The van der Waals surface area contributed by atoms with Gasteiger partial charge in [-0.3, -0.25) is 4.79 Å². The number of halogens is 4. The molecule has 0 aliphatic carbocycles. The maximum atomic E-state index is 13.7. The van der Waals surface area contributed by atoms with Gasteiger partial charge in [0.25, 0.3) is 0 Å². The number of carbonyl (C=O) groups is 1. The number of hydrogen-bond donors (Lipinski definition) is 0. The highest BCUT2D eigenvalue weighted by molar-refractivity contribution is 9.10. The van der Waals surface area contributed by atoms with Crippen LogP contribution in [0, 0.1) is 0 Å². The fraction of sp³-hybridized carbons (Fsp3) is 0.389. The number of fused-ring (bicyclic) bond motifs is 1. The average molecular weight is 488 g/mol. The van der Waals surface area contributed by atoms with Crippen molar-refractivity contribution in [2.45, 2.75) is 12.6 Å². The van der Waals surface area contributed by atoms with Crippen LogP contribution in [0.4, 0.5) is 13.2 Å². The normalized spacial score (nSPS) is 16.0. The molecule has 3 aromatic heterocycles. The fourth-order valence-electron chi connectivity index (χ4n) is 3.21. The Morgan fingerprint density at radius 1 is 1.28 bits per heavy atom. The predicted octanol–water partition coefficient (Wildman–Crippen LogP) is 3.56. The topological polar surface area (TPSA) is 53.7 Å². The summed E-state index contributed by atoms with van der Waals surface area (Å²) in [5.41, 5.74) is -0.415. The molecule has 1 aliphatic heterocycles. The first-order valence-corrected chi connectivity index (χ1v) is 10.6. The van der Waals surface area contributed by atoms with Crippen molar-refractivity contribution in [2.75, 3.05) is 33.2 Å². The summed E-state index contributed by atoms with van der Waals surface area (Å²) in [5, 5.41) is 5.86. The van der Waals surface area contributed by atoms with Gasteiger partial charge in [0, 0.05) is 26.2 Å². The molecule has 1 fully saturated rings. The van der Waals surface area contributed by atoms with Gasteiger partial charge < -0.3 is 9.80 Å². The molecule has 0 aromatic carbocycles.